The maximum Gasteiger partial charge on any atom is 0.299 e. The van der Waals surface area contributed by atoms with Gasteiger partial charge in [0, 0.05) is 11.6 Å². The van der Waals surface area contributed by atoms with Gasteiger partial charge in [0.15, 0.2) is 0 Å². The van der Waals surface area contributed by atoms with Crippen molar-refractivity contribution >= 4 is 29.0 Å². The Bertz CT molecular complexity index is 500. The molecule has 0 bridgehead atoms. The van der Waals surface area contributed by atoms with E-state index < -0.39 is 11.7 Å². The zero-order chi connectivity index (χ0) is 13.3. The first-order chi connectivity index (χ1) is 8.50. The summed E-state index contributed by atoms with van der Waals surface area (Å²) in [6.07, 6.45) is 0.827. The number of rotatable bonds is 4. The summed E-state index contributed by atoms with van der Waals surface area (Å²) in [7, 11) is 3.95. The highest BCUT2D eigenvalue weighted by Crippen LogP contribution is 2.31. The van der Waals surface area contributed by atoms with Crippen LogP contribution in [0.2, 0.25) is 5.02 Å². The van der Waals surface area contributed by atoms with Gasteiger partial charge in [-0.2, -0.15) is 0 Å². The van der Waals surface area contributed by atoms with Crippen LogP contribution in [0.15, 0.2) is 18.2 Å². The van der Waals surface area contributed by atoms with E-state index in [0.29, 0.717) is 22.8 Å². The third-order valence-corrected chi connectivity index (χ3v) is 3.16. The first-order valence-electron chi connectivity index (χ1n) is 5.81. The Kier molecular flexibility index (Phi) is 3.68. The van der Waals surface area contributed by atoms with E-state index in [1.807, 2.05) is 19.0 Å². The molecule has 1 aromatic rings. The SMILES string of the molecule is CN(C)CCCN1C(=O)C(=O)c2cc(Cl)ccc21. The van der Waals surface area contributed by atoms with Crippen molar-refractivity contribution in [3.05, 3.63) is 28.8 Å². The molecule has 1 amide bonds. The fourth-order valence-electron chi connectivity index (χ4n) is 2.04. The fourth-order valence-corrected chi connectivity index (χ4v) is 2.21. The third kappa shape index (κ3) is 2.40. The van der Waals surface area contributed by atoms with Gasteiger partial charge in [-0.1, -0.05) is 11.6 Å². The first kappa shape index (κ1) is 13.1. The van der Waals surface area contributed by atoms with Crippen molar-refractivity contribution in [1.82, 2.24) is 4.90 Å². The maximum absolute atomic E-state index is 11.9. The molecule has 0 spiro atoms. The van der Waals surface area contributed by atoms with Gasteiger partial charge in [-0.15, -0.1) is 0 Å². The molecular weight excluding hydrogens is 252 g/mol. The van der Waals surface area contributed by atoms with Gasteiger partial charge in [-0.05, 0) is 45.3 Å². The van der Waals surface area contributed by atoms with Crippen molar-refractivity contribution in [1.29, 1.82) is 0 Å². The van der Waals surface area contributed by atoms with E-state index in [-0.39, 0.29) is 0 Å². The number of benzene rings is 1. The normalized spacial score (nSPS) is 14.6. The second-order valence-corrected chi connectivity index (χ2v) is 5.04. The van der Waals surface area contributed by atoms with E-state index in [4.69, 9.17) is 11.6 Å². The number of ketones is 1. The number of carbonyl (C=O) groups is 2. The summed E-state index contributed by atoms with van der Waals surface area (Å²) in [5, 5.41) is 0.477. The maximum atomic E-state index is 11.9. The quantitative estimate of drug-likeness (QED) is 0.781. The summed E-state index contributed by atoms with van der Waals surface area (Å²) in [5.74, 6) is -0.914. The molecule has 0 radical (unpaired) electrons. The molecule has 1 aliphatic heterocycles. The van der Waals surface area contributed by atoms with Crippen LogP contribution in [-0.2, 0) is 4.79 Å². The molecule has 0 saturated heterocycles. The average molecular weight is 267 g/mol. The topological polar surface area (TPSA) is 40.6 Å². The third-order valence-electron chi connectivity index (χ3n) is 2.92. The minimum atomic E-state index is -0.461. The minimum absolute atomic E-state index is 0.414. The highest BCUT2D eigenvalue weighted by atomic mass is 35.5. The monoisotopic (exact) mass is 266 g/mol. The van der Waals surface area contributed by atoms with Gasteiger partial charge in [-0.3, -0.25) is 9.59 Å². The first-order valence-corrected chi connectivity index (χ1v) is 6.19. The molecule has 1 aromatic carbocycles. The number of nitrogens with zero attached hydrogens (tertiary/aromatic N) is 2. The number of anilines is 1. The lowest BCUT2D eigenvalue weighted by Gasteiger charge is -2.17. The molecule has 18 heavy (non-hydrogen) atoms. The summed E-state index contributed by atoms with van der Waals surface area (Å²) in [5.41, 5.74) is 1.09. The number of hydrogen-bond acceptors (Lipinski definition) is 3. The Morgan fingerprint density at radius 1 is 1.28 bits per heavy atom. The van der Waals surface area contributed by atoms with E-state index in [1.54, 1.807) is 18.2 Å². The summed E-state index contributed by atoms with van der Waals surface area (Å²) in [6, 6.07) is 4.99. The molecule has 0 aromatic heterocycles. The molecule has 0 saturated carbocycles. The number of carbonyl (C=O) groups excluding carboxylic acids is 2. The lowest BCUT2D eigenvalue weighted by Crippen LogP contribution is -2.32. The van der Waals surface area contributed by atoms with Gasteiger partial charge in [0.25, 0.3) is 11.7 Å². The minimum Gasteiger partial charge on any atom is -0.309 e. The molecule has 0 aliphatic carbocycles. The molecule has 0 atom stereocenters. The number of Topliss-reactive ketones (excluding diaryl/α,β-unsaturated/α-hetero) is 1. The van der Waals surface area contributed by atoms with Crippen LogP contribution in [0.1, 0.15) is 16.8 Å². The molecule has 96 valence electrons. The second-order valence-electron chi connectivity index (χ2n) is 4.60. The van der Waals surface area contributed by atoms with E-state index in [1.165, 1.54) is 4.90 Å². The standard InChI is InChI=1S/C13H15ClN2O2/c1-15(2)6-3-7-16-11-5-4-9(14)8-10(11)12(17)13(16)18/h4-5,8H,3,6-7H2,1-2H3. The molecule has 0 unspecified atom stereocenters. The fraction of sp³-hybridized carbons (Fsp3) is 0.385. The highest BCUT2D eigenvalue weighted by Gasteiger charge is 2.35. The van der Waals surface area contributed by atoms with Crippen LogP contribution >= 0.6 is 11.6 Å². The number of amides is 1. The van der Waals surface area contributed by atoms with Gasteiger partial charge in [0.2, 0.25) is 0 Å². The Morgan fingerprint density at radius 2 is 2.00 bits per heavy atom. The van der Waals surface area contributed by atoms with Crippen molar-refractivity contribution in [3.8, 4) is 0 Å². The van der Waals surface area contributed by atoms with Gasteiger partial charge in [0.05, 0.1) is 11.3 Å². The molecule has 0 N–H and O–H groups in total. The Labute approximate surface area is 111 Å². The Balaban J connectivity index is 2.18. The molecule has 1 aliphatic rings. The molecule has 0 fully saturated rings. The Morgan fingerprint density at radius 3 is 2.67 bits per heavy atom. The number of fused-ring (bicyclic) bond motifs is 1. The van der Waals surface area contributed by atoms with Crippen molar-refractivity contribution in [2.24, 2.45) is 0 Å². The van der Waals surface area contributed by atoms with E-state index in [9.17, 15) is 9.59 Å². The summed E-state index contributed by atoms with van der Waals surface area (Å²) >= 11 is 5.84. The van der Waals surface area contributed by atoms with E-state index in [0.717, 1.165) is 13.0 Å². The van der Waals surface area contributed by atoms with Crippen molar-refractivity contribution < 1.29 is 9.59 Å². The van der Waals surface area contributed by atoms with E-state index >= 15 is 0 Å². The van der Waals surface area contributed by atoms with Gasteiger partial charge < -0.3 is 9.80 Å². The molecule has 2 rings (SSSR count). The van der Waals surface area contributed by atoms with Crippen LogP contribution in [0.5, 0.6) is 0 Å². The molecule has 4 nitrogen and oxygen atoms in total. The van der Waals surface area contributed by atoms with Crippen LogP contribution < -0.4 is 4.90 Å². The molecule has 5 heteroatoms. The number of halogens is 1. The summed E-state index contributed by atoms with van der Waals surface area (Å²) in [4.78, 5) is 27.3. The van der Waals surface area contributed by atoms with Crippen LogP contribution in [-0.4, -0.2) is 43.8 Å². The molecule has 1 heterocycles. The van der Waals surface area contributed by atoms with Crippen molar-refractivity contribution in [3.63, 3.8) is 0 Å². The molecular formula is C13H15ClN2O2. The van der Waals surface area contributed by atoms with Crippen molar-refractivity contribution in [2.45, 2.75) is 6.42 Å². The van der Waals surface area contributed by atoms with E-state index in [2.05, 4.69) is 0 Å². The van der Waals surface area contributed by atoms with Crippen LogP contribution in [0, 0.1) is 0 Å². The lowest BCUT2D eigenvalue weighted by atomic mass is 10.1. The zero-order valence-corrected chi connectivity index (χ0v) is 11.2. The van der Waals surface area contributed by atoms with Gasteiger partial charge >= 0.3 is 0 Å². The second kappa shape index (κ2) is 5.08. The van der Waals surface area contributed by atoms with Crippen LogP contribution in [0.25, 0.3) is 0 Å². The number of hydrogen-bond donors (Lipinski definition) is 0. The predicted octanol–water partition coefficient (Wildman–Crippen LogP) is 1.82. The largest absolute Gasteiger partial charge is 0.309 e. The predicted molar refractivity (Wildman–Crippen MR) is 71.3 cm³/mol. The zero-order valence-electron chi connectivity index (χ0n) is 10.4. The van der Waals surface area contributed by atoms with Crippen LogP contribution in [0.3, 0.4) is 0 Å². The van der Waals surface area contributed by atoms with Crippen molar-refractivity contribution in [2.75, 3.05) is 32.1 Å². The van der Waals surface area contributed by atoms with Crippen LogP contribution in [0.4, 0.5) is 5.69 Å². The Hall–Kier alpha value is -1.39. The highest BCUT2D eigenvalue weighted by molar-refractivity contribution is 6.52. The average Bonchev–Trinajstić information content (AvgIpc) is 2.54. The lowest BCUT2D eigenvalue weighted by molar-refractivity contribution is -0.114. The summed E-state index contributed by atoms with van der Waals surface area (Å²) < 4.78 is 0. The smallest absolute Gasteiger partial charge is 0.299 e. The summed E-state index contributed by atoms with van der Waals surface area (Å²) in [6.45, 7) is 1.43. The van der Waals surface area contributed by atoms with Gasteiger partial charge in [-0.25, -0.2) is 0 Å². The van der Waals surface area contributed by atoms with Gasteiger partial charge in [0.1, 0.15) is 0 Å².